The van der Waals surface area contributed by atoms with Crippen LogP contribution in [-0.2, 0) is 28.3 Å². The zero-order chi connectivity index (χ0) is 21.2. The van der Waals surface area contributed by atoms with E-state index in [1.165, 1.54) is 4.31 Å². The second kappa shape index (κ2) is 8.81. The van der Waals surface area contributed by atoms with Gasteiger partial charge in [0.1, 0.15) is 5.82 Å². The van der Waals surface area contributed by atoms with E-state index in [-0.39, 0.29) is 10.8 Å². The molecule has 160 valence electrons. The molecule has 0 aliphatic carbocycles. The van der Waals surface area contributed by atoms with E-state index < -0.39 is 10.0 Å². The number of aromatic nitrogens is 2. The molecule has 1 aromatic carbocycles. The first kappa shape index (κ1) is 21.7. The number of hydrogen-bond donors (Lipinski definition) is 0. The number of carbonyl (C=O) groups excluding carboxylic acids is 1. The number of piperazine rings is 1. The molecule has 1 aliphatic heterocycles. The number of hydrogen-bond acceptors (Lipinski definition) is 5. The standard InChI is InChI=1S/C20H31N5O3S/c1-5-25(6-2)29(27,28)16-7-8-18-17(15-16)21-19(23(18)4)9-10-20(26)24-13-11-22(3)12-14-24/h7-8,15H,5-6,9-14H2,1-4H3. The van der Waals surface area contributed by atoms with E-state index in [0.717, 1.165) is 37.5 Å². The Bertz CT molecular complexity index is 973. The summed E-state index contributed by atoms with van der Waals surface area (Å²) in [6.07, 6.45) is 0.944. The van der Waals surface area contributed by atoms with Crippen LogP contribution in [0, 0.1) is 0 Å². The number of sulfonamides is 1. The summed E-state index contributed by atoms with van der Waals surface area (Å²) in [6.45, 7) is 7.86. The van der Waals surface area contributed by atoms with Gasteiger partial charge in [-0.25, -0.2) is 13.4 Å². The Morgan fingerprint density at radius 1 is 1.10 bits per heavy atom. The number of rotatable bonds is 7. The lowest BCUT2D eigenvalue weighted by Gasteiger charge is -2.32. The minimum atomic E-state index is -3.52. The van der Waals surface area contributed by atoms with Crippen molar-refractivity contribution in [2.24, 2.45) is 7.05 Å². The molecular formula is C20H31N5O3S. The maximum atomic E-state index is 12.8. The molecule has 2 heterocycles. The fraction of sp³-hybridized carbons (Fsp3) is 0.600. The summed E-state index contributed by atoms with van der Waals surface area (Å²) >= 11 is 0. The lowest BCUT2D eigenvalue weighted by atomic mass is 10.2. The van der Waals surface area contributed by atoms with Crippen molar-refractivity contribution in [2.45, 2.75) is 31.6 Å². The summed E-state index contributed by atoms with van der Waals surface area (Å²) in [5.41, 5.74) is 1.51. The quantitative estimate of drug-likeness (QED) is 0.674. The highest BCUT2D eigenvalue weighted by atomic mass is 32.2. The van der Waals surface area contributed by atoms with Gasteiger partial charge >= 0.3 is 0 Å². The van der Waals surface area contributed by atoms with Crippen LogP contribution in [0.5, 0.6) is 0 Å². The van der Waals surface area contributed by atoms with Gasteiger partial charge in [-0.15, -0.1) is 0 Å². The first-order valence-corrected chi connectivity index (χ1v) is 11.6. The summed E-state index contributed by atoms with van der Waals surface area (Å²) in [5, 5.41) is 0. The molecule has 0 unspecified atom stereocenters. The van der Waals surface area contributed by atoms with E-state index in [4.69, 9.17) is 0 Å². The maximum Gasteiger partial charge on any atom is 0.243 e. The molecule has 29 heavy (non-hydrogen) atoms. The Kier molecular flexibility index (Phi) is 6.60. The molecule has 0 saturated carbocycles. The number of carbonyl (C=O) groups is 1. The van der Waals surface area contributed by atoms with Gasteiger partial charge in [-0.2, -0.15) is 4.31 Å². The molecule has 1 aromatic heterocycles. The molecule has 1 saturated heterocycles. The molecule has 0 N–H and O–H groups in total. The van der Waals surface area contributed by atoms with Gasteiger partial charge in [0.25, 0.3) is 0 Å². The van der Waals surface area contributed by atoms with Crippen molar-refractivity contribution in [3.05, 3.63) is 24.0 Å². The van der Waals surface area contributed by atoms with Crippen LogP contribution in [0.25, 0.3) is 11.0 Å². The van der Waals surface area contributed by atoms with E-state index in [1.54, 1.807) is 18.2 Å². The van der Waals surface area contributed by atoms with Crippen LogP contribution in [0.2, 0.25) is 0 Å². The fourth-order valence-corrected chi connectivity index (χ4v) is 5.24. The van der Waals surface area contributed by atoms with Crippen molar-refractivity contribution in [1.29, 1.82) is 0 Å². The summed E-state index contributed by atoms with van der Waals surface area (Å²) in [5.74, 6) is 0.940. The van der Waals surface area contributed by atoms with E-state index in [0.29, 0.717) is 31.4 Å². The van der Waals surface area contributed by atoms with Gasteiger partial charge in [0.2, 0.25) is 15.9 Å². The highest BCUT2D eigenvalue weighted by Crippen LogP contribution is 2.23. The lowest BCUT2D eigenvalue weighted by Crippen LogP contribution is -2.47. The molecule has 1 amide bonds. The third kappa shape index (κ3) is 4.46. The molecule has 2 aromatic rings. The Morgan fingerprint density at radius 2 is 1.76 bits per heavy atom. The fourth-order valence-electron chi connectivity index (χ4n) is 3.76. The van der Waals surface area contributed by atoms with Gasteiger partial charge in [0, 0.05) is 59.2 Å². The van der Waals surface area contributed by atoms with Gasteiger partial charge in [-0.05, 0) is 25.2 Å². The number of aryl methyl sites for hydroxylation is 2. The van der Waals surface area contributed by atoms with Crippen LogP contribution < -0.4 is 0 Å². The number of amides is 1. The Balaban J connectivity index is 1.77. The molecule has 0 spiro atoms. The van der Waals surface area contributed by atoms with Crippen molar-refractivity contribution in [2.75, 3.05) is 46.3 Å². The zero-order valence-corrected chi connectivity index (χ0v) is 18.6. The average Bonchev–Trinajstić information content (AvgIpc) is 3.02. The van der Waals surface area contributed by atoms with Crippen LogP contribution in [-0.4, -0.2) is 84.3 Å². The number of benzene rings is 1. The molecule has 3 rings (SSSR count). The Labute approximate surface area is 173 Å². The Hall–Kier alpha value is -1.97. The van der Waals surface area contributed by atoms with E-state index in [1.807, 2.05) is 30.4 Å². The predicted octanol–water partition coefficient (Wildman–Crippen LogP) is 1.31. The number of nitrogens with zero attached hydrogens (tertiary/aromatic N) is 5. The zero-order valence-electron chi connectivity index (χ0n) is 17.8. The maximum absolute atomic E-state index is 12.8. The second-order valence-electron chi connectivity index (χ2n) is 7.51. The SMILES string of the molecule is CCN(CC)S(=O)(=O)c1ccc2c(c1)nc(CCC(=O)N1CCN(C)CC1)n2C. The highest BCUT2D eigenvalue weighted by molar-refractivity contribution is 7.89. The molecule has 0 atom stereocenters. The van der Waals surface area contributed by atoms with Gasteiger partial charge in [-0.1, -0.05) is 13.8 Å². The van der Waals surface area contributed by atoms with Crippen molar-refractivity contribution >= 4 is 27.0 Å². The van der Waals surface area contributed by atoms with E-state index in [2.05, 4.69) is 16.9 Å². The van der Waals surface area contributed by atoms with Gasteiger partial charge in [0.05, 0.1) is 15.9 Å². The highest BCUT2D eigenvalue weighted by Gasteiger charge is 2.23. The lowest BCUT2D eigenvalue weighted by molar-refractivity contribution is -0.132. The third-order valence-corrected chi connectivity index (χ3v) is 7.75. The topological polar surface area (TPSA) is 78.8 Å². The van der Waals surface area contributed by atoms with Crippen LogP contribution in [0.15, 0.2) is 23.1 Å². The molecule has 0 radical (unpaired) electrons. The van der Waals surface area contributed by atoms with E-state index >= 15 is 0 Å². The monoisotopic (exact) mass is 421 g/mol. The number of likely N-dealkylation sites (N-methyl/N-ethyl adjacent to an activating group) is 1. The summed E-state index contributed by atoms with van der Waals surface area (Å²) < 4.78 is 28.9. The average molecular weight is 422 g/mol. The van der Waals surface area contributed by atoms with Crippen molar-refractivity contribution in [1.82, 2.24) is 23.7 Å². The van der Waals surface area contributed by atoms with Gasteiger partial charge < -0.3 is 14.4 Å². The minimum Gasteiger partial charge on any atom is -0.340 e. The van der Waals surface area contributed by atoms with Gasteiger partial charge in [-0.3, -0.25) is 4.79 Å². The van der Waals surface area contributed by atoms with Crippen molar-refractivity contribution < 1.29 is 13.2 Å². The first-order valence-electron chi connectivity index (χ1n) is 10.2. The van der Waals surface area contributed by atoms with Crippen LogP contribution >= 0.6 is 0 Å². The third-order valence-electron chi connectivity index (χ3n) is 5.71. The second-order valence-corrected chi connectivity index (χ2v) is 9.45. The molecule has 1 fully saturated rings. The molecular weight excluding hydrogens is 390 g/mol. The predicted molar refractivity (Wildman–Crippen MR) is 113 cm³/mol. The molecule has 0 bridgehead atoms. The normalized spacial score (nSPS) is 16.1. The number of fused-ring (bicyclic) bond motifs is 1. The van der Waals surface area contributed by atoms with Gasteiger partial charge in [0.15, 0.2) is 0 Å². The Morgan fingerprint density at radius 3 is 2.38 bits per heavy atom. The summed E-state index contributed by atoms with van der Waals surface area (Å²) in [4.78, 5) is 21.5. The molecule has 1 aliphatic rings. The largest absolute Gasteiger partial charge is 0.340 e. The minimum absolute atomic E-state index is 0.148. The summed E-state index contributed by atoms with van der Waals surface area (Å²) in [6, 6.07) is 5.07. The number of imidazole rings is 1. The van der Waals surface area contributed by atoms with Crippen LogP contribution in [0.4, 0.5) is 0 Å². The van der Waals surface area contributed by atoms with Crippen molar-refractivity contribution in [3.8, 4) is 0 Å². The van der Waals surface area contributed by atoms with Crippen molar-refractivity contribution in [3.63, 3.8) is 0 Å². The van der Waals surface area contributed by atoms with Crippen LogP contribution in [0.1, 0.15) is 26.1 Å². The van der Waals surface area contributed by atoms with Crippen LogP contribution in [0.3, 0.4) is 0 Å². The smallest absolute Gasteiger partial charge is 0.243 e. The van der Waals surface area contributed by atoms with E-state index in [9.17, 15) is 13.2 Å². The molecule has 9 heteroatoms. The first-order chi connectivity index (χ1) is 13.8. The summed E-state index contributed by atoms with van der Waals surface area (Å²) in [7, 11) is 0.450. The molecule has 8 nitrogen and oxygen atoms in total.